The molecule has 1 aliphatic rings. The molecule has 10 heteroatoms. The van der Waals surface area contributed by atoms with Gasteiger partial charge in [-0.15, -0.1) is 13.2 Å². The molecule has 0 N–H and O–H groups in total. The van der Waals surface area contributed by atoms with Crippen molar-refractivity contribution in [2.45, 2.75) is 19.3 Å². The number of nitro benzene ring substituents is 1. The van der Waals surface area contributed by atoms with Gasteiger partial charge >= 0.3 is 6.36 Å². The molecular weight excluding hydrogens is 494 g/mol. The van der Waals surface area contributed by atoms with Gasteiger partial charge in [-0.2, -0.15) is 0 Å². The Morgan fingerprint density at radius 3 is 2.11 bits per heavy atom. The highest BCUT2D eigenvalue weighted by atomic mass is 19.4. The molecule has 37 heavy (non-hydrogen) atoms. The predicted molar refractivity (Wildman–Crippen MR) is 126 cm³/mol. The summed E-state index contributed by atoms with van der Waals surface area (Å²) in [6, 6.07) is 21.3. The van der Waals surface area contributed by atoms with Crippen molar-refractivity contribution < 1.29 is 36.7 Å². The van der Waals surface area contributed by atoms with E-state index in [9.17, 15) is 27.7 Å². The molecule has 1 atom stereocenters. The first-order valence-corrected chi connectivity index (χ1v) is 11.0. The van der Waals surface area contributed by atoms with Gasteiger partial charge in [-0.1, -0.05) is 42.5 Å². The largest absolute Gasteiger partial charge is 0.573 e. The molecule has 0 radical (unpaired) electrons. The average Bonchev–Trinajstić information content (AvgIpc) is 3.31. The first-order chi connectivity index (χ1) is 17.7. The van der Waals surface area contributed by atoms with Crippen LogP contribution < -0.4 is 14.2 Å². The van der Waals surface area contributed by atoms with Gasteiger partial charge in [-0.25, -0.2) is 4.39 Å². The third-order valence-electron chi connectivity index (χ3n) is 5.75. The number of nitrogens with zero attached hydrogens (tertiary/aromatic N) is 1. The van der Waals surface area contributed by atoms with E-state index in [4.69, 9.17) is 9.47 Å². The highest BCUT2D eigenvalue weighted by Gasteiger charge is 2.34. The summed E-state index contributed by atoms with van der Waals surface area (Å²) < 4.78 is 68.4. The Hall–Kier alpha value is -4.60. The standard InChI is InChI=1S/C27H17F4NO5/c28-15-19-14-22-25(36-26(35-22)18-6-10-20(11-7-18)32(33)34)24(23(19)16-4-2-1-3-5-16)17-8-12-21(13-9-17)37-27(29,30)31/h1-14,26H,15H2. The maximum Gasteiger partial charge on any atom is 0.573 e. The third kappa shape index (κ3) is 4.90. The van der Waals surface area contributed by atoms with E-state index in [-0.39, 0.29) is 17.2 Å². The van der Waals surface area contributed by atoms with Crippen molar-refractivity contribution in [3.63, 3.8) is 0 Å². The molecule has 0 spiro atoms. The van der Waals surface area contributed by atoms with Gasteiger partial charge in [0.05, 0.1) is 4.92 Å². The zero-order valence-electron chi connectivity index (χ0n) is 18.9. The van der Waals surface area contributed by atoms with Gasteiger partial charge in [0.2, 0.25) is 0 Å². The van der Waals surface area contributed by atoms with Gasteiger partial charge in [-0.3, -0.25) is 10.1 Å². The fraction of sp³-hybridized carbons (Fsp3) is 0.111. The number of alkyl halides is 4. The van der Waals surface area contributed by atoms with Crippen LogP contribution in [0.25, 0.3) is 22.3 Å². The fourth-order valence-corrected chi connectivity index (χ4v) is 4.17. The fourth-order valence-electron chi connectivity index (χ4n) is 4.17. The highest BCUT2D eigenvalue weighted by molar-refractivity contribution is 5.92. The second-order valence-corrected chi connectivity index (χ2v) is 8.10. The van der Waals surface area contributed by atoms with Gasteiger partial charge in [-0.05, 0) is 52.6 Å². The van der Waals surface area contributed by atoms with E-state index in [1.54, 1.807) is 30.3 Å². The predicted octanol–water partition coefficient (Wildman–Crippen LogP) is 7.77. The smallest absolute Gasteiger partial charge is 0.447 e. The van der Waals surface area contributed by atoms with Crippen molar-refractivity contribution in [2.75, 3.05) is 0 Å². The number of nitro groups is 1. The van der Waals surface area contributed by atoms with Crippen LogP contribution in [0.4, 0.5) is 23.2 Å². The Morgan fingerprint density at radius 1 is 0.865 bits per heavy atom. The number of fused-ring (bicyclic) bond motifs is 1. The minimum absolute atomic E-state index is 0.104. The van der Waals surface area contributed by atoms with Crippen molar-refractivity contribution in [2.24, 2.45) is 0 Å². The number of ether oxygens (including phenoxy) is 3. The number of rotatable bonds is 6. The van der Waals surface area contributed by atoms with Crippen LogP contribution in [0.5, 0.6) is 17.2 Å². The summed E-state index contributed by atoms with van der Waals surface area (Å²) in [4.78, 5) is 10.5. The SMILES string of the molecule is O=[N+]([O-])c1ccc(C2Oc3cc(CF)c(-c4ccccc4)c(-c4ccc(OC(F)(F)F)cc4)c3O2)cc1. The number of halogens is 4. The molecule has 1 heterocycles. The lowest BCUT2D eigenvalue weighted by Crippen LogP contribution is -2.16. The lowest BCUT2D eigenvalue weighted by Gasteiger charge is -2.17. The van der Waals surface area contributed by atoms with Crippen LogP contribution in [-0.4, -0.2) is 11.3 Å². The van der Waals surface area contributed by atoms with Crippen molar-refractivity contribution in [1.82, 2.24) is 0 Å². The maximum atomic E-state index is 14.3. The lowest BCUT2D eigenvalue weighted by atomic mass is 9.89. The average molecular weight is 511 g/mol. The Bertz CT molecular complexity index is 1440. The molecule has 0 aromatic heterocycles. The molecule has 0 saturated carbocycles. The van der Waals surface area contributed by atoms with Crippen molar-refractivity contribution in [3.05, 3.63) is 106 Å². The summed E-state index contributed by atoms with van der Waals surface area (Å²) in [5.41, 5.74) is 2.73. The summed E-state index contributed by atoms with van der Waals surface area (Å²) in [6.07, 6.45) is -5.82. The number of benzene rings is 4. The van der Waals surface area contributed by atoms with Gasteiger partial charge in [0.1, 0.15) is 12.4 Å². The first-order valence-electron chi connectivity index (χ1n) is 11.0. The minimum atomic E-state index is -4.85. The molecule has 0 bridgehead atoms. The summed E-state index contributed by atoms with van der Waals surface area (Å²) in [6.45, 7) is -0.842. The molecule has 4 aromatic carbocycles. The first kappa shape index (κ1) is 24.1. The molecule has 4 aromatic rings. The quantitative estimate of drug-likeness (QED) is 0.150. The molecule has 0 saturated heterocycles. The van der Waals surface area contributed by atoms with Crippen molar-refractivity contribution in [3.8, 4) is 39.5 Å². The third-order valence-corrected chi connectivity index (χ3v) is 5.75. The second-order valence-electron chi connectivity index (χ2n) is 8.10. The van der Waals surface area contributed by atoms with Gasteiger partial charge in [0.15, 0.2) is 11.5 Å². The molecule has 5 rings (SSSR count). The number of hydrogen-bond donors (Lipinski definition) is 0. The monoisotopic (exact) mass is 511 g/mol. The van der Waals surface area contributed by atoms with Crippen LogP contribution in [0.15, 0.2) is 84.9 Å². The van der Waals surface area contributed by atoms with Gasteiger partial charge in [0, 0.05) is 23.3 Å². The van der Waals surface area contributed by atoms with Crippen molar-refractivity contribution in [1.29, 1.82) is 0 Å². The van der Waals surface area contributed by atoms with Crippen LogP contribution in [0.2, 0.25) is 0 Å². The van der Waals surface area contributed by atoms with E-state index < -0.39 is 30.0 Å². The number of hydrogen-bond acceptors (Lipinski definition) is 5. The van der Waals surface area contributed by atoms with Crippen molar-refractivity contribution >= 4 is 5.69 Å². The molecule has 1 unspecified atom stereocenters. The zero-order chi connectivity index (χ0) is 26.2. The van der Waals surface area contributed by atoms with Crippen LogP contribution in [0.3, 0.4) is 0 Å². The van der Waals surface area contributed by atoms with E-state index in [1.807, 2.05) is 0 Å². The molecule has 1 aliphatic heterocycles. The molecule has 0 fully saturated rings. The Balaban J connectivity index is 1.63. The summed E-state index contributed by atoms with van der Waals surface area (Å²) in [5, 5.41) is 11.0. The second kappa shape index (κ2) is 9.45. The van der Waals surface area contributed by atoms with E-state index in [1.165, 1.54) is 42.5 Å². The van der Waals surface area contributed by atoms with Gasteiger partial charge in [0.25, 0.3) is 12.0 Å². The highest BCUT2D eigenvalue weighted by Crippen LogP contribution is 2.52. The normalized spacial score (nSPS) is 14.4. The summed E-state index contributed by atoms with van der Waals surface area (Å²) >= 11 is 0. The van der Waals surface area contributed by atoms with Crippen LogP contribution in [-0.2, 0) is 6.67 Å². The van der Waals surface area contributed by atoms with Crippen LogP contribution >= 0.6 is 0 Å². The topological polar surface area (TPSA) is 70.8 Å². The Morgan fingerprint density at radius 2 is 1.51 bits per heavy atom. The van der Waals surface area contributed by atoms with E-state index >= 15 is 0 Å². The van der Waals surface area contributed by atoms with Crippen LogP contribution in [0, 0.1) is 10.1 Å². The molecule has 0 aliphatic carbocycles. The Labute approximate surface area is 207 Å². The van der Waals surface area contributed by atoms with E-state index in [0.717, 1.165) is 12.1 Å². The summed E-state index contributed by atoms with van der Waals surface area (Å²) in [5.74, 6) is 0.0990. The zero-order valence-corrected chi connectivity index (χ0v) is 18.9. The number of non-ortho nitro benzene ring substituents is 1. The Kier molecular flexibility index (Phi) is 6.16. The van der Waals surface area contributed by atoms with Crippen LogP contribution in [0.1, 0.15) is 17.4 Å². The summed E-state index contributed by atoms with van der Waals surface area (Å²) in [7, 11) is 0. The lowest BCUT2D eigenvalue weighted by molar-refractivity contribution is -0.384. The molecular formula is C27H17F4NO5. The minimum Gasteiger partial charge on any atom is -0.447 e. The molecule has 188 valence electrons. The van der Waals surface area contributed by atoms with E-state index in [0.29, 0.717) is 33.4 Å². The van der Waals surface area contributed by atoms with E-state index in [2.05, 4.69) is 4.74 Å². The molecule has 6 nitrogen and oxygen atoms in total. The molecule has 0 amide bonds. The van der Waals surface area contributed by atoms with Gasteiger partial charge < -0.3 is 14.2 Å². The maximum absolute atomic E-state index is 14.3.